The maximum absolute atomic E-state index is 14.1. The Morgan fingerprint density at radius 1 is 0.951 bits per heavy atom. The van der Waals surface area contributed by atoms with Crippen LogP contribution >= 0.6 is 39.1 Å². The highest BCUT2D eigenvalue weighted by atomic mass is 79.9. The molecule has 0 spiro atoms. The van der Waals surface area contributed by atoms with Crippen molar-refractivity contribution in [2.24, 2.45) is 0 Å². The monoisotopic (exact) mass is 679 g/mol. The first-order chi connectivity index (χ1) is 19.6. The molecule has 3 aromatic carbocycles. The fourth-order valence-electron chi connectivity index (χ4n) is 4.87. The van der Waals surface area contributed by atoms with E-state index >= 15 is 0 Å². The Hall–Kier alpha value is -2.59. The molecule has 0 aliphatic heterocycles. The van der Waals surface area contributed by atoms with Crippen LogP contribution in [0.1, 0.15) is 44.6 Å². The number of anilines is 1. The standard InChI is InChI=1S/C30H32BrCl2N3O4S/c1-21(30(38)34-24-10-4-2-5-11-24)35(19-22-15-16-27(32)28(33)17-22)29(37)20-36(25-12-8-9-23(31)18-25)41(39,40)26-13-6-3-7-14-26/h3,6-9,12-18,21,24H,2,4-5,10-11,19-20H2,1H3,(H,34,38)/t21-/m1/s1. The number of carbonyl (C=O) groups is 2. The Morgan fingerprint density at radius 2 is 1.66 bits per heavy atom. The van der Waals surface area contributed by atoms with Crippen LogP contribution in [-0.4, -0.2) is 43.8 Å². The normalized spacial score (nSPS) is 14.7. The quantitative estimate of drug-likeness (QED) is 0.255. The van der Waals surface area contributed by atoms with Crippen molar-refractivity contribution in [2.75, 3.05) is 10.8 Å². The second-order valence-electron chi connectivity index (χ2n) is 10.1. The Morgan fingerprint density at radius 3 is 2.32 bits per heavy atom. The topological polar surface area (TPSA) is 86.8 Å². The first-order valence-electron chi connectivity index (χ1n) is 13.4. The number of benzene rings is 3. The van der Waals surface area contributed by atoms with Crippen molar-refractivity contribution in [1.82, 2.24) is 10.2 Å². The van der Waals surface area contributed by atoms with E-state index in [1.165, 1.54) is 17.0 Å². The molecule has 0 unspecified atom stereocenters. The number of amides is 2. The van der Waals surface area contributed by atoms with Gasteiger partial charge < -0.3 is 10.2 Å². The van der Waals surface area contributed by atoms with Gasteiger partial charge in [0.15, 0.2) is 0 Å². The van der Waals surface area contributed by atoms with Crippen molar-refractivity contribution in [2.45, 2.75) is 62.6 Å². The number of rotatable bonds is 10. The predicted octanol–water partition coefficient (Wildman–Crippen LogP) is 6.82. The smallest absolute Gasteiger partial charge is 0.264 e. The lowest BCUT2D eigenvalue weighted by atomic mass is 9.95. The average Bonchev–Trinajstić information content (AvgIpc) is 2.96. The van der Waals surface area contributed by atoms with E-state index in [-0.39, 0.29) is 23.4 Å². The van der Waals surface area contributed by atoms with Gasteiger partial charge in [-0.3, -0.25) is 13.9 Å². The van der Waals surface area contributed by atoms with Gasteiger partial charge in [0.25, 0.3) is 10.0 Å². The molecule has 1 aliphatic carbocycles. The largest absolute Gasteiger partial charge is 0.352 e. The van der Waals surface area contributed by atoms with Crippen LogP contribution in [0.3, 0.4) is 0 Å². The number of halogens is 3. The molecule has 0 heterocycles. The van der Waals surface area contributed by atoms with E-state index < -0.39 is 28.5 Å². The zero-order valence-electron chi connectivity index (χ0n) is 22.6. The molecule has 3 aromatic rings. The number of nitrogens with one attached hydrogen (secondary N) is 1. The van der Waals surface area contributed by atoms with Gasteiger partial charge in [0.1, 0.15) is 12.6 Å². The summed E-state index contributed by atoms with van der Waals surface area (Å²) in [6, 6.07) is 18.9. The van der Waals surface area contributed by atoms with Gasteiger partial charge in [0.2, 0.25) is 11.8 Å². The van der Waals surface area contributed by atoms with Gasteiger partial charge in [-0.1, -0.05) is 88.7 Å². The van der Waals surface area contributed by atoms with Crippen LogP contribution in [-0.2, 0) is 26.2 Å². The molecule has 1 saturated carbocycles. The molecule has 7 nitrogen and oxygen atoms in total. The molecule has 1 aliphatic rings. The van der Waals surface area contributed by atoms with E-state index in [2.05, 4.69) is 21.2 Å². The van der Waals surface area contributed by atoms with Gasteiger partial charge in [-0.15, -0.1) is 0 Å². The van der Waals surface area contributed by atoms with Crippen molar-refractivity contribution in [1.29, 1.82) is 0 Å². The van der Waals surface area contributed by atoms with E-state index in [0.717, 1.165) is 36.4 Å². The molecular formula is C30H32BrCl2N3O4S. The van der Waals surface area contributed by atoms with E-state index in [0.29, 0.717) is 25.8 Å². The molecule has 2 amide bonds. The Balaban J connectivity index is 1.68. The maximum Gasteiger partial charge on any atom is 0.264 e. The number of hydrogen-bond acceptors (Lipinski definition) is 4. The molecule has 0 saturated heterocycles. The highest BCUT2D eigenvalue weighted by Gasteiger charge is 2.33. The predicted molar refractivity (Wildman–Crippen MR) is 167 cm³/mol. The van der Waals surface area contributed by atoms with Crippen molar-refractivity contribution >= 4 is 66.7 Å². The molecule has 41 heavy (non-hydrogen) atoms. The van der Waals surface area contributed by atoms with Gasteiger partial charge >= 0.3 is 0 Å². The molecule has 11 heteroatoms. The summed E-state index contributed by atoms with van der Waals surface area (Å²) in [5, 5.41) is 3.78. The number of sulfonamides is 1. The molecular weight excluding hydrogens is 649 g/mol. The molecule has 0 radical (unpaired) electrons. The minimum Gasteiger partial charge on any atom is -0.352 e. The van der Waals surface area contributed by atoms with Gasteiger partial charge in [-0.2, -0.15) is 0 Å². The second-order valence-corrected chi connectivity index (χ2v) is 13.7. The molecule has 1 N–H and O–H groups in total. The lowest BCUT2D eigenvalue weighted by molar-refractivity contribution is -0.139. The number of nitrogens with zero attached hydrogens (tertiary/aromatic N) is 2. The minimum absolute atomic E-state index is 0.0344. The third-order valence-electron chi connectivity index (χ3n) is 7.16. The first kappa shape index (κ1) is 31.3. The molecule has 0 bridgehead atoms. The summed E-state index contributed by atoms with van der Waals surface area (Å²) < 4.78 is 29.4. The Labute approximate surface area is 260 Å². The van der Waals surface area contributed by atoms with E-state index in [9.17, 15) is 18.0 Å². The Bertz CT molecular complexity index is 1480. The minimum atomic E-state index is -4.13. The van der Waals surface area contributed by atoms with Crippen LogP contribution in [0.4, 0.5) is 5.69 Å². The first-order valence-corrected chi connectivity index (χ1v) is 16.4. The lowest BCUT2D eigenvalue weighted by Crippen LogP contribution is -2.53. The summed E-state index contributed by atoms with van der Waals surface area (Å²) in [5.74, 6) is -0.827. The highest BCUT2D eigenvalue weighted by molar-refractivity contribution is 9.10. The van der Waals surface area contributed by atoms with Gasteiger partial charge in [-0.25, -0.2) is 8.42 Å². The third kappa shape index (κ3) is 8.03. The Kier molecular flexibility index (Phi) is 10.7. The highest BCUT2D eigenvalue weighted by Crippen LogP contribution is 2.28. The molecule has 1 atom stereocenters. The third-order valence-corrected chi connectivity index (χ3v) is 10.2. The number of carbonyl (C=O) groups excluding carboxylic acids is 2. The maximum atomic E-state index is 14.1. The van der Waals surface area contributed by atoms with Crippen molar-refractivity contribution < 1.29 is 18.0 Å². The summed E-state index contributed by atoms with van der Waals surface area (Å²) in [4.78, 5) is 28.9. The zero-order chi connectivity index (χ0) is 29.6. The lowest BCUT2D eigenvalue weighted by Gasteiger charge is -2.33. The molecule has 218 valence electrons. The van der Waals surface area contributed by atoms with Gasteiger partial charge in [0, 0.05) is 17.1 Å². The van der Waals surface area contributed by atoms with Crippen LogP contribution in [0.5, 0.6) is 0 Å². The zero-order valence-corrected chi connectivity index (χ0v) is 26.5. The summed E-state index contributed by atoms with van der Waals surface area (Å²) in [5.41, 5.74) is 0.968. The number of hydrogen-bond donors (Lipinski definition) is 1. The van der Waals surface area contributed by atoms with Crippen molar-refractivity contribution in [3.63, 3.8) is 0 Å². The van der Waals surface area contributed by atoms with E-state index in [4.69, 9.17) is 23.2 Å². The van der Waals surface area contributed by atoms with Crippen molar-refractivity contribution in [3.05, 3.63) is 92.9 Å². The molecule has 4 rings (SSSR count). The summed E-state index contributed by atoms with van der Waals surface area (Å²) in [7, 11) is -4.13. The van der Waals surface area contributed by atoms with E-state index in [1.54, 1.807) is 67.6 Å². The van der Waals surface area contributed by atoms with E-state index in [1.807, 2.05) is 0 Å². The second kappa shape index (κ2) is 14.1. The average molecular weight is 681 g/mol. The fourth-order valence-corrected chi connectivity index (χ4v) is 7.00. The molecule has 0 aromatic heterocycles. The van der Waals surface area contributed by atoms with Crippen LogP contribution in [0.2, 0.25) is 10.0 Å². The fraction of sp³-hybridized carbons (Fsp3) is 0.333. The summed E-state index contributed by atoms with van der Waals surface area (Å²) >= 11 is 15.8. The molecule has 1 fully saturated rings. The summed E-state index contributed by atoms with van der Waals surface area (Å²) in [6.45, 7) is 1.17. The van der Waals surface area contributed by atoms with Gasteiger partial charge in [0.05, 0.1) is 20.6 Å². The summed E-state index contributed by atoms with van der Waals surface area (Å²) in [6.07, 6.45) is 5.02. The van der Waals surface area contributed by atoms with Crippen LogP contribution < -0.4 is 9.62 Å². The van der Waals surface area contributed by atoms with Crippen LogP contribution in [0.25, 0.3) is 0 Å². The van der Waals surface area contributed by atoms with Crippen molar-refractivity contribution in [3.8, 4) is 0 Å². The SMILES string of the molecule is C[C@H](C(=O)NC1CCCCC1)N(Cc1ccc(Cl)c(Cl)c1)C(=O)CN(c1cccc(Br)c1)S(=O)(=O)c1ccccc1. The van der Waals surface area contributed by atoms with Crippen LogP contribution in [0.15, 0.2) is 82.2 Å². The van der Waals surface area contributed by atoms with Gasteiger partial charge in [-0.05, 0) is 67.8 Å². The van der Waals surface area contributed by atoms with Crippen LogP contribution in [0, 0.1) is 0 Å².